The smallest absolute Gasteiger partial charge is 0.0881 e. The highest BCUT2D eigenvalue weighted by molar-refractivity contribution is 5.50. The van der Waals surface area contributed by atoms with E-state index < -0.39 is 0 Å². The van der Waals surface area contributed by atoms with Crippen molar-refractivity contribution in [3.8, 4) is 0 Å². The molecule has 0 radical (unpaired) electrons. The summed E-state index contributed by atoms with van der Waals surface area (Å²) in [4.78, 5) is 2.12. The van der Waals surface area contributed by atoms with Crippen LogP contribution in [0.2, 0.25) is 0 Å². The average Bonchev–Trinajstić information content (AvgIpc) is 2.38. The fourth-order valence-corrected chi connectivity index (χ4v) is 1.12. The molecule has 0 atom stereocenters. The third-order valence-corrected chi connectivity index (χ3v) is 1.62. The minimum atomic E-state index is 0.896. The van der Waals surface area contributed by atoms with Crippen molar-refractivity contribution in [2.75, 3.05) is 26.2 Å². The Morgan fingerprint density at radius 2 is 2.27 bits per heavy atom. The molecule has 0 aromatic carbocycles. The van der Waals surface area contributed by atoms with Crippen LogP contribution in [-0.2, 0) is 0 Å². The van der Waals surface area contributed by atoms with E-state index in [0.29, 0.717) is 0 Å². The SMILES string of the molecule is C=CCN1[C-]=[N+](CC=C)CC1. The molecule has 0 saturated heterocycles. The molecule has 0 aliphatic carbocycles. The summed E-state index contributed by atoms with van der Waals surface area (Å²) in [5.41, 5.74) is 0. The van der Waals surface area contributed by atoms with Crippen LogP contribution in [0, 0.1) is 0 Å². The van der Waals surface area contributed by atoms with Crippen molar-refractivity contribution in [2.45, 2.75) is 0 Å². The number of nitrogens with zero attached hydrogens (tertiary/aromatic N) is 2. The number of hydrogen-bond acceptors (Lipinski definition) is 1. The predicted molar refractivity (Wildman–Crippen MR) is 47.0 cm³/mol. The van der Waals surface area contributed by atoms with Crippen molar-refractivity contribution in [1.82, 2.24) is 4.90 Å². The Morgan fingerprint density at radius 1 is 1.45 bits per heavy atom. The molecular formula is C9H14N2. The Labute approximate surface area is 68.1 Å². The summed E-state index contributed by atoms with van der Waals surface area (Å²) in [6, 6.07) is 0. The van der Waals surface area contributed by atoms with Gasteiger partial charge in [-0.1, -0.05) is 25.3 Å². The van der Waals surface area contributed by atoms with Crippen molar-refractivity contribution >= 4 is 6.34 Å². The summed E-state index contributed by atoms with van der Waals surface area (Å²) < 4.78 is 2.12. The van der Waals surface area contributed by atoms with E-state index in [-0.39, 0.29) is 0 Å². The molecule has 0 fully saturated rings. The van der Waals surface area contributed by atoms with E-state index in [9.17, 15) is 0 Å². The van der Waals surface area contributed by atoms with Crippen molar-refractivity contribution < 1.29 is 4.58 Å². The van der Waals surface area contributed by atoms with Gasteiger partial charge in [0.05, 0.1) is 26.2 Å². The topological polar surface area (TPSA) is 6.25 Å². The van der Waals surface area contributed by atoms with Gasteiger partial charge in [-0.05, 0) is 0 Å². The maximum atomic E-state index is 3.67. The molecule has 0 spiro atoms. The molecule has 1 aliphatic rings. The molecule has 2 heteroatoms. The zero-order valence-electron chi connectivity index (χ0n) is 6.79. The molecule has 1 heterocycles. The second-order valence-electron chi connectivity index (χ2n) is 2.57. The van der Waals surface area contributed by atoms with Gasteiger partial charge in [0.15, 0.2) is 0 Å². The highest BCUT2D eigenvalue weighted by Gasteiger charge is 2.04. The first kappa shape index (κ1) is 8.05. The zero-order valence-corrected chi connectivity index (χ0v) is 6.79. The third-order valence-electron chi connectivity index (χ3n) is 1.62. The lowest BCUT2D eigenvalue weighted by molar-refractivity contribution is -0.503. The highest BCUT2D eigenvalue weighted by atomic mass is 15.3. The van der Waals surface area contributed by atoms with Crippen LogP contribution in [-0.4, -0.2) is 42.0 Å². The Bertz CT molecular complexity index is 182. The van der Waals surface area contributed by atoms with E-state index in [1.165, 1.54) is 0 Å². The molecule has 60 valence electrons. The third kappa shape index (κ3) is 2.22. The molecule has 2 nitrogen and oxygen atoms in total. The van der Waals surface area contributed by atoms with Crippen LogP contribution in [0.5, 0.6) is 0 Å². The fourth-order valence-electron chi connectivity index (χ4n) is 1.12. The molecule has 0 aromatic rings. The van der Waals surface area contributed by atoms with Gasteiger partial charge < -0.3 is 9.48 Å². The van der Waals surface area contributed by atoms with Gasteiger partial charge in [-0.2, -0.15) is 0 Å². The Balaban J connectivity index is 2.39. The second-order valence-corrected chi connectivity index (χ2v) is 2.57. The van der Waals surface area contributed by atoms with Crippen molar-refractivity contribution in [3.05, 3.63) is 25.3 Å². The van der Waals surface area contributed by atoms with Gasteiger partial charge >= 0.3 is 0 Å². The number of rotatable bonds is 4. The van der Waals surface area contributed by atoms with E-state index >= 15 is 0 Å². The van der Waals surface area contributed by atoms with E-state index in [1.54, 1.807) is 0 Å². The first-order valence-corrected chi connectivity index (χ1v) is 3.85. The maximum Gasteiger partial charge on any atom is 0.0881 e. The van der Waals surface area contributed by atoms with E-state index in [2.05, 4.69) is 29.0 Å². The summed E-state index contributed by atoms with van der Waals surface area (Å²) in [6.45, 7) is 11.3. The molecule has 0 N–H and O–H groups in total. The molecular weight excluding hydrogens is 136 g/mol. The highest BCUT2D eigenvalue weighted by Crippen LogP contribution is 1.93. The van der Waals surface area contributed by atoms with Crippen LogP contribution in [0.3, 0.4) is 0 Å². The van der Waals surface area contributed by atoms with Gasteiger partial charge in [0.1, 0.15) is 0 Å². The molecule has 1 rings (SSSR count). The molecule has 1 aliphatic heterocycles. The van der Waals surface area contributed by atoms with Gasteiger partial charge in [-0.25, -0.2) is 0 Å². The molecule has 0 saturated carbocycles. The van der Waals surface area contributed by atoms with Gasteiger partial charge in [-0.3, -0.25) is 0 Å². The van der Waals surface area contributed by atoms with Crippen LogP contribution in [0.15, 0.2) is 25.3 Å². The first-order chi connectivity index (χ1) is 5.36. The van der Waals surface area contributed by atoms with Gasteiger partial charge in [-0.15, -0.1) is 6.34 Å². The molecule has 0 amide bonds. The summed E-state index contributed by atoms with van der Waals surface area (Å²) in [7, 11) is 0. The minimum Gasteiger partial charge on any atom is -0.432 e. The monoisotopic (exact) mass is 150 g/mol. The molecule has 0 aromatic heterocycles. The van der Waals surface area contributed by atoms with Crippen LogP contribution in [0.4, 0.5) is 0 Å². The van der Waals surface area contributed by atoms with Crippen LogP contribution in [0.1, 0.15) is 0 Å². The number of hydrogen-bond donors (Lipinski definition) is 0. The molecule has 0 unspecified atom stereocenters. The van der Waals surface area contributed by atoms with Crippen LogP contribution >= 0.6 is 0 Å². The van der Waals surface area contributed by atoms with E-state index in [0.717, 1.165) is 26.2 Å². The standard InChI is InChI=1S/C9H14N2/c1-3-5-10-7-8-11(9-10)6-4-2/h3-4H,1-2,5-8H2. The lowest BCUT2D eigenvalue weighted by Gasteiger charge is -2.13. The summed E-state index contributed by atoms with van der Waals surface area (Å²) in [6.07, 6.45) is 7.00. The van der Waals surface area contributed by atoms with Gasteiger partial charge in [0.2, 0.25) is 0 Å². The second kappa shape index (κ2) is 3.96. The zero-order chi connectivity index (χ0) is 8.10. The predicted octanol–water partition coefficient (Wildman–Crippen LogP) is 0.592. The largest absolute Gasteiger partial charge is 0.432 e. The van der Waals surface area contributed by atoms with E-state index in [4.69, 9.17) is 0 Å². The Morgan fingerprint density at radius 3 is 2.91 bits per heavy atom. The minimum absolute atomic E-state index is 0.896. The quantitative estimate of drug-likeness (QED) is 0.323. The summed E-state index contributed by atoms with van der Waals surface area (Å²) in [5.74, 6) is 0. The normalized spacial score (nSPS) is 16.4. The van der Waals surface area contributed by atoms with Crippen molar-refractivity contribution in [1.29, 1.82) is 0 Å². The first-order valence-electron chi connectivity index (χ1n) is 3.85. The maximum absolute atomic E-state index is 3.67. The van der Waals surface area contributed by atoms with E-state index in [1.807, 2.05) is 12.2 Å². The Kier molecular flexibility index (Phi) is 2.90. The van der Waals surface area contributed by atoms with Crippen LogP contribution < -0.4 is 0 Å². The van der Waals surface area contributed by atoms with Gasteiger partial charge in [0, 0.05) is 0 Å². The lowest BCUT2D eigenvalue weighted by Crippen LogP contribution is -2.18. The molecule has 0 bridgehead atoms. The fraction of sp³-hybridized carbons (Fsp3) is 0.444. The Hall–Kier alpha value is -1.05. The van der Waals surface area contributed by atoms with Crippen molar-refractivity contribution in [2.24, 2.45) is 0 Å². The summed E-state index contributed by atoms with van der Waals surface area (Å²) >= 11 is 0. The van der Waals surface area contributed by atoms with Gasteiger partial charge in [0.25, 0.3) is 0 Å². The summed E-state index contributed by atoms with van der Waals surface area (Å²) in [5, 5.41) is 0. The average molecular weight is 150 g/mol. The van der Waals surface area contributed by atoms with Crippen molar-refractivity contribution in [3.63, 3.8) is 0 Å². The lowest BCUT2D eigenvalue weighted by atomic mass is 10.5. The molecule has 11 heavy (non-hydrogen) atoms. The van der Waals surface area contributed by atoms with Crippen LogP contribution in [0.25, 0.3) is 0 Å².